The van der Waals surface area contributed by atoms with E-state index < -0.39 is 8.80 Å². The molecule has 0 aromatic rings. The summed E-state index contributed by atoms with van der Waals surface area (Å²) < 4.78 is 0. The van der Waals surface area contributed by atoms with Crippen molar-refractivity contribution in [3.05, 3.63) is 0 Å². The fourth-order valence-electron chi connectivity index (χ4n) is 0.596. The molecule has 2 heteroatoms. The maximum Gasteiger partial charge on any atom is 0.0505 e. The highest BCUT2D eigenvalue weighted by atomic mass is 28.3. The first kappa shape index (κ1) is 8.18. The lowest BCUT2D eigenvalue weighted by atomic mass is 10.7. The first-order chi connectivity index (χ1) is 3.55. The first-order valence-electron chi connectivity index (χ1n) is 3.22. The summed E-state index contributed by atoms with van der Waals surface area (Å²) in [4.78, 5) is 2.30. The van der Waals surface area contributed by atoms with Crippen LogP contribution < -0.4 is 0 Å². The van der Waals surface area contributed by atoms with Crippen molar-refractivity contribution in [3.63, 3.8) is 0 Å². The van der Waals surface area contributed by atoms with E-state index in [4.69, 9.17) is 0 Å². The molecule has 0 radical (unpaired) electrons. The van der Waals surface area contributed by atoms with Crippen LogP contribution in [0.2, 0.25) is 13.1 Å². The van der Waals surface area contributed by atoms with Gasteiger partial charge in [-0.15, -0.1) is 0 Å². The Morgan fingerprint density at radius 2 is 1.62 bits per heavy atom. The molecule has 1 nitrogen and oxygen atoms in total. The lowest BCUT2D eigenvalue weighted by molar-refractivity contribution is 0.388. The summed E-state index contributed by atoms with van der Waals surface area (Å²) in [5.41, 5.74) is 0.843. The predicted molar refractivity (Wildman–Crippen MR) is 42.0 cm³/mol. The topological polar surface area (TPSA) is 3.24 Å². The molecule has 50 valence electrons. The van der Waals surface area contributed by atoms with E-state index in [0.29, 0.717) is 0 Å². The SMILES string of the molecule is CC(N(C)C)[SiH](C)C. The minimum absolute atomic E-state index is 0.397. The quantitative estimate of drug-likeness (QED) is 0.505. The average Bonchev–Trinajstić information content (AvgIpc) is 1.64. The third-order valence-electron chi connectivity index (χ3n) is 1.78. The van der Waals surface area contributed by atoms with E-state index in [9.17, 15) is 0 Å². The monoisotopic (exact) mass is 131 g/mol. The third-order valence-corrected chi connectivity index (χ3v) is 4.31. The Bertz CT molecular complexity index is 53.5. The molecule has 0 aromatic heterocycles. The van der Waals surface area contributed by atoms with E-state index in [2.05, 4.69) is 39.0 Å². The molecule has 0 aliphatic carbocycles. The normalized spacial score (nSPS) is 15.4. The van der Waals surface area contributed by atoms with Gasteiger partial charge in [0, 0.05) is 0 Å². The molecule has 0 heterocycles. The zero-order valence-electron chi connectivity index (χ0n) is 6.60. The van der Waals surface area contributed by atoms with Crippen molar-refractivity contribution in [2.45, 2.75) is 25.7 Å². The van der Waals surface area contributed by atoms with Gasteiger partial charge in [0.15, 0.2) is 0 Å². The lowest BCUT2D eigenvalue weighted by Crippen LogP contribution is -2.35. The second-order valence-corrected chi connectivity index (χ2v) is 6.40. The van der Waals surface area contributed by atoms with E-state index in [0.717, 1.165) is 5.67 Å². The molecule has 0 bridgehead atoms. The molecule has 1 atom stereocenters. The highest BCUT2D eigenvalue weighted by Gasteiger charge is 2.08. The van der Waals surface area contributed by atoms with Crippen molar-refractivity contribution in [1.82, 2.24) is 4.90 Å². The predicted octanol–water partition coefficient (Wildman–Crippen LogP) is 0.962. The van der Waals surface area contributed by atoms with Crippen LogP contribution in [-0.4, -0.2) is 33.5 Å². The number of rotatable bonds is 2. The second-order valence-electron chi connectivity index (χ2n) is 2.95. The van der Waals surface area contributed by atoms with Gasteiger partial charge in [0.1, 0.15) is 0 Å². The number of hydrogen-bond acceptors (Lipinski definition) is 1. The van der Waals surface area contributed by atoms with Gasteiger partial charge >= 0.3 is 0 Å². The second kappa shape index (κ2) is 3.25. The molecule has 0 rings (SSSR count). The maximum atomic E-state index is 2.38. The zero-order valence-corrected chi connectivity index (χ0v) is 7.76. The van der Waals surface area contributed by atoms with E-state index in [1.54, 1.807) is 0 Å². The molecule has 0 spiro atoms. The fraction of sp³-hybridized carbons (Fsp3) is 1.00. The van der Waals surface area contributed by atoms with Crippen LogP contribution in [0.4, 0.5) is 0 Å². The largest absolute Gasteiger partial charge is 0.310 e. The summed E-state index contributed by atoms with van der Waals surface area (Å²) in [7, 11) is 3.90. The fourth-order valence-corrected chi connectivity index (χ4v) is 1.79. The Morgan fingerprint density at radius 3 is 1.62 bits per heavy atom. The van der Waals surface area contributed by atoms with Gasteiger partial charge in [0.2, 0.25) is 0 Å². The smallest absolute Gasteiger partial charge is 0.0505 e. The van der Waals surface area contributed by atoms with Crippen molar-refractivity contribution < 1.29 is 0 Å². The van der Waals surface area contributed by atoms with Crippen LogP contribution in [0.3, 0.4) is 0 Å². The Kier molecular flexibility index (Phi) is 3.32. The Morgan fingerprint density at radius 1 is 1.25 bits per heavy atom. The molecule has 1 unspecified atom stereocenters. The average molecular weight is 131 g/mol. The highest BCUT2D eigenvalue weighted by molar-refractivity contribution is 6.57. The van der Waals surface area contributed by atoms with Gasteiger partial charge < -0.3 is 4.90 Å². The molecular formula is C6H17NSi. The van der Waals surface area contributed by atoms with Crippen LogP contribution in [-0.2, 0) is 0 Å². The standard InChI is InChI=1S/C6H17NSi/c1-6(7(2)3)8(4)5/h6,8H,1-5H3. The van der Waals surface area contributed by atoms with Crippen molar-refractivity contribution in [2.75, 3.05) is 14.1 Å². The molecule has 0 fully saturated rings. The summed E-state index contributed by atoms with van der Waals surface area (Å²) in [5, 5.41) is 0. The van der Waals surface area contributed by atoms with Crippen molar-refractivity contribution in [1.29, 1.82) is 0 Å². The minimum atomic E-state index is -0.397. The van der Waals surface area contributed by atoms with Gasteiger partial charge in [0.05, 0.1) is 8.80 Å². The van der Waals surface area contributed by atoms with Gasteiger partial charge in [-0.3, -0.25) is 0 Å². The summed E-state index contributed by atoms with van der Waals surface area (Å²) in [6.45, 7) is 7.06. The van der Waals surface area contributed by atoms with Gasteiger partial charge in [-0.2, -0.15) is 0 Å². The van der Waals surface area contributed by atoms with Crippen LogP contribution in [0.1, 0.15) is 6.92 Å². The van der Waals surface area contributed by atoms with E-state index >= 15 is 0 Å². The van der Waals surface area contributed by atoms with Crippen molar-refractivity contribution in [2.24, 2.45) is 0 Å². The van der Waals surface area contributed by atoms with E-state index in [-0.39, 0.29) is 0 Å². The molecule has 0 aromatic carbocycles. The molecule has 0 amide bonds. The Hall–Kier alpha value is 0.177. The molecule has 0 aliphatic heterocycles. The molecule has 0 N–H and O–H groups in total. The first-order valence-corrected chi connectivity index (χ1v) is 6.19. The van der Waals surface area contributed by atoms with Crippen molar-refractivity contribution in [3.8, 4) is 0 Å². The highest BCUT2D eigenvalue weighted by Crippen LogP contribution is 1.95. The van der Waals surface area contributed by atoms with E-state index in [1.807, 2.05) is 0 Å². The lowest BCUT2D eigenvalue weighted by Gasteiger charge is -2.22. The van der Waals surface area contributed by atoms with E-state index in [1.165, 1.54) is 0 Å². The van der Waals surface area contributed by atoms with Crippen LogP contribution in [0.15, 0.2) is 0 Å². The summed E-state index contributed by atoms with van der Waals surface area (Å²) in [5.74, 6) is 0. The van der Waals surface area contributed by atoms with Crippen molar-refractivity contribution >= 4 is 8.80 Å². The Labute approximate surface area is 54.3 Å². The summed E-state index contributed by atoms with van der Waals surface area (Å²) in [6.07, 6.45) is 0. The zero-order chi connectivity index (χ0) is 6.73. The van der Waals surface area contributed by atoms with Crippen LogP contribution in [0.5, 0.6) is 0 Å². The van der Waals surface area contributed by atoms with Gasteiger partial charge in [-0.05, 0) is 19.8 Å². The van der Waals surface area contributed by atoms with Gasteiger partial charge in [0.25, 0.3) is 0 Å². The van der Waals surface area contributed by atoms with Gasteiger partial charge in [-0.25, -0.2) is 0 Å². The molecule has 0 saturated carbocycles. The molecule has 0 saturated heterocycles. The molecule has 8 heavy (non-hydrogen) atoms. The molecule has 0 aliphatic rings. The van der Waals surface area contributed by atoms with Crippen LogP contribution in [0.25, 0.3) is 0 Å². The summed E-state index contributed by atoms with van der Waals surface area (Å²) >= 11 is 0. The Balaban J connectivity index is 3.46. The number of hydrogen-bond donors (Lipinski definition) is 0. The summed E-state index contributed by atoms with van der Waals surface area (Å²) in [6, 6.07) is 0. The minimum Gasteiger partial charge on any atom is -0.310 e. The molecular weight excluding hydrogens is 114 g/mol. The van der Waals surface area contributed by atoms with Crippen LogP contribution in [0, 0.1) is 0 Å². The third kappa shape index (κ3) is 2.48. The van der Waals surface area contributed by atoms with Gasteiger partial charge in [-0.1, -0.05) is 20.0 Å². The van der Waals surface area contributed by atoms with Crippen LogP contribution >= 0.6 is 0 Å². The number of nitrogens with zero attached hydrogens (tertiary/aromatic N) is 1. The maximum absolute atomic E-state index is 2.38.